The van der Waals surface area contributed by atoms with Crippen molar-refractivity contribution in [2.24, 2.45) is 0 Å². The van der Waals surface area contributed by atoms with Gasteiger partial charge in [-0.3, -0.25) is 0 Å². The first kappa shape index (κ1) is 11.5. The van der Waals surface area contributed by atoms with Crippen LogP contribution in [0.2, 0.25) is 0 Å². The molecule has 3 nitrogen and oxygen atoms in total. The Balaban J connectivity index is 2.60. The first-order chi connectivity index (χ1) is 6.67. The lowest BCUT2D eigenvalue weighted by atomic mass is 10.0. The van der Waals surface area contributed by atoms with Crippen molar-refractivity contribution in [3.63, 3.8) is 0 Å². The normalized spacial score (nSPS) is 20.8. The summed E-state index contributed by atoms with van der Waals surface area (Å²) in [7, 11) is -3.13. The van der Waals surface area contributed by atoms with E-state index in [4.69, 9.17) is 5.26 Å². The zero-order chi connectivity index (χ0) is 10.4. The number of hydrogen-bond acceptors (Lipinski definition) is 3. The first-order valence-corrected chi connectivity index (χ1v) is 6.97. The van der Waals surface area contributed by atoms with Crippen LogP contribution >= 0.6 is 0 Å². The minimum Gasteiger partial charge on any atom is -0.227 e. The Morgan fingerprint density at radius 1 is 1.07 bits per heavy atom. The molecule has 0 atom stereocenters. The fraction of sp³-hybridized carbons (Fsp3) is 0.900. The summed E-state index contributed by atoms with van der Waals surface area (Å²) in [6, 6.07) is 1.75. The van der Waals surface area contributed by atoms with Crippen molar-refractivity contribution in [3.05, 3.63) is 0 Å². The van der Waals surface area contributed by atoms with Crippen LogP contribution in [0.25, 0.3) is 0 Å². The molecule has 4 heteroatoms. The average Bonchev–Trinajstić information content (AvgIpc) is 2.01. The molecule has 0 unspecified atom stereocenters. The molecule has 1 aliphatic carbocycles. The summed E-state index contributed by atoms with van der Waals surface area (Å²) in [5.74, 6) is -0.308. The standard InChI is InChI=1S/C10H17NO2S/c11-8-9-14(12,13)10-6-4-2-1-3-5-7-10/h10H,1-7,9H2. The molecule has 1 rings (SSSR count). The van der Waals surface area contributed by atoms with Gasteiger partial charge in [-0.1, -0.05) is 32.1 Å². The number of sulfone groups is 1. The highest BCUT2D eigenvalue weighted by Crippen LogP contribution is 2.22. The van der Waals surface area contributed by atoms with Gasteiger partial charge in [-0.05, 0) is 12.8 Å². The van der Waals surface area contributed by atoms with Crippen LogP contribution in [0.1, 0.15) is 44.9 Å². The summed E-state index contributed by atoms with van der Waals surface area (Å²) in [5.41, 5.74) is 0. The van der Waals surface area contributed by atoms with Gasteiger partial charge in [0.2, 0.25) is 0 Å². The molecular formula is C10H17NO2S. The molecule has 80 valence electrons. The van der Waals surface area contributed by atoms with E-state index in [0.717, 1.165) is 38.5 Å². The second kappa shape index (κ2) is 5.35. The molecule has 0 spiro atoms. The largest absolute Gasteiger partial charge is 0.227 e. The van der Waals surface area contributed by atoms with Gasteiger partial charge in [-0.2, -0.15) is 5.26 Å². The second-order valence-electron chi connectivity index (χ2n) is 3.93. The van der Waals surface area contributed by atoms with E-state index in [1.807, 2.05) is 0 Å². The van der Waals surface area contributed by atoms with E-state index in [-0.39, 0.29) is 11.0 Å². The molecular weight excluding hydrogens is 198 g/mol. The SMILES string of the molecule is N#CCS(=O)(=O)C1CCCCCCC1. The third-order valence-corrected chi connectivity index (χ3v) is 4.84. The Bertz CT molecular complexity index is 295. The molecule has 0 saturated heterocycles. The van der Waals surface area contributed by atoms with Gasteiger partial charge in [0.25, 0.3) is 0 Å². The zero-order valence-electron chi connectivity index (χ0n) is 8.41. The van der Waals surface area contributed by atoms with Gasteiger partial charge in [-0.25, -0.2) is 8.42 Å². The highest BCUT2D eigenvalue weighted by molar-refractivity contribution is 7.92. The topological polar surface area (TPSA) is 57.9 Å². The van der Waals surface area contributed by atoms with Gasteiger partial charge >= 0.3 is 0 Å². The lowest BCUT2D eigenvalue weighted by Gasteiger charge is -2.18. The van der Waals surface area contributed by atoms with Gasteiger partial charge in [0.05, 0.1) is 11.3 Å². The predicted molar refractivity (Wildman–Crippen MR) is 55.5 cm³/mol. The zero-order valence-corrected chi connectivity index (χ0v) is 9.22. The van der Waals surface area contributed by atoms with Crippen LogP contribution in [0.15, 0.2) is 0 Å². The molecule has 1 fully saturated rings. The summed E-state index contributed by atoms with van der Waals surface area (Å²) in [5, 5.41) is 8.18. The molecule has 0 aromatic rings. The van der Waals surface area contributed by atoms with E-state index in [9.17, 15) is 8.42 Å². The van der Waals surface area contributed by atoms with Gasteiger partial charge in [-0.15, -0.1) is 0 Å². The summed E-state index contributed by atoms with van der Waals surface area (Å²) < 4.78 is 23.3. The maximum Gasteiger partial charge on any atom is 0.166 e. The van der Waals surface area contributed by atoms with E-state index in [2.05, 4.69) is 0 Å². The van der Waals surface area contributed by atoms with Crippen LogP contribution < -0.4 is 0 Å². The number of nitriles is 1. The fourth-order valence-electron chi connectivity index (χ4n) is 1.99. The van der Waals surface area contributed by atoms with Crippen LogP contribution in [-0.2, 0) is 9.84 Å². The third-order valence-electron chi connectivity index (χ3n) is 2.83. The summed E-state index contributed by atoms with van der Waals surface area (Å²) >= 11 is 0. The predicted octanol–water partition coefficient (Wildman–Crippen LogP) is 2.04. The molecule has 0 bridgehead atoms. The van der Waals surface area contributed by atoms with Crippen LogP contribution in [0.5, 0.6) is 0 Å². The average molecular weight is 215 g/mol. The molecule has 0 amide bonds. The maximum absolute atomic E-state index is 11.6. The van der Waals surface area contributed by atoms with E-state index >= 15 is 0 Å². The molecule has 0 radical (unpaired) electrons. The summed E-state index contributed by atoms with van der Waals surface area (Å²) in [6.07, 6.45) is 7.00. The summed E-state index contributed by atoms with van der Waals surface area (Å²) in [6.45, 7) is 0. The fourth-order valence-corrected chi connectivity index (χ4v) is 3.45. The van der Waals surface area contributed by atoms with Crippen LogP contribution in [-0.4, -0.2) is 19.4 Å². The van der Waals surface area contributed by atoms with Gasteiger partial charge in [0.15, 0.2) is 9.84 Å². The van der Waals surface area contributed by atoms with Crippen LogP contribution in [0, 0.1) is 11.3 Å². The molecule has 0 aromatic carbocycles. The van der Waals surface area contributed by atoms with Crippen molar-refractivity contribution in [2.45, 2.75) is 50.2 Å². The van der Waals surface area contributed by atoms with Crippen LogP contribution in [0.3, 0.4) is 0 Å². The lowest BCUT2D eigenvalue weighted by Crippen LogP contribution is -2.24. The smallest absolute Gasteiger partial charge is 0.166 e. The van der Waals surface area contributed by atoms with E-state index in [0.29, 0.717) is 0 Å². The molecule has 0 aliphatic heterocycles. The van der Waals surface area contributed by atoms with Crippen molar-refractivity contribution < 1.29 is 8.42 Å². The van der Waals surface area contributed by atoms with Gasteiger partial charge in [0.1, 0.15) is 5.75 Å². The third kappa shape index (κ3) is 3.30. The van der Waals surface area contributed by atoms with Gasteiger partial charge in [0, 0.05) is 0 Å². The van der Waals surface area contributed by atoms with E-state index < -0.39 is 9.84 Å². The Morgan fingerprint density at radius 3 is 2.07 bits per heavy atom. The maximum atomic E-state index is 11.6. The van der Waals surface area contributed by atoms with Crippen LogP contribution in [0.4, 0.5) is 0 Å². The highest BCUT2D eigenvalue weighted by atomic mass is 32.2. The Hall–Kier alpha value is -0.560. The Labute approximate surface area is 86.0 Å². The molecule has 1 aliphatic rings. The Morgan fingerprint density at radius 2 is 1.57 bits per heavy atom. The molecule has 0 heterocycles. The van der Waals surface area contributed by atoms with E-state index in [1.165, 1.54) is 6.42 Å². The van der Waals surface area contributed by atoms with Gasteiger partial charge < -0.3 is 0 Å². The molecule has 0 N–H and O–H groups in total. The minimum absolute atomic E-state index is 0.248. The van der Waals surface area contributed by atoms with Crippen molar-refractivity contribution in [1.82, 2.24) is 0 Å². The van der Waals surface area contributed by atoms with Crippen molar-refractivity contribution in [2.75, 3.05) is 5.75 Å². The highest BCUT2D eigenvalue weighted by Gasteiger charge is 2.24. The van der Waals surface area contributed by atoms with E-state index in [1.54, 1.807) is 6.07 Å². The minimum atomic E-state index is -3.13. The quantitative estimate of drug-likeness (QED) is 0.708. The number of hydrogen-bond donors (Lipinski definition) is 0. The van der Waals surface area contributed by atoms with Crippen molar-refractivity contribution in [1.29, 1.82) is 5.26 Å². The number of rotatable bonds is 2. The Kier molecular flexibility index (Phi) is 4.40. The lowest BCUT2D eigenvalue weighted by molar-refractivity contribution is 0.489. The molecule has 14 heavy (non-hydrogen) atoms. The molecule has 0 aromatic heterocycles. The second-order valence-corrected chi connectivity index (χ2v) is 6.21. The van der Waals surface area contributed by atoms with Crippen molar-refractivity contribution in [3.8, 4) is 6.07 Å². The number of nitrogens with zero attached hydrogens (tertiary/aromatic N) is 1. The summed E-state index contributed by atoms with van der Waals surface area (Å²) in [4.78, 5) is 0. The molecule has 1 saturated carbocycles. The first-order valence-electron chi connectivity index (χ1n) is 5.25. The van der Waals surface area contributed by atoms with Crippen molar-refractivity contribution >= 4 is 9.84 Å². The monoisotopic (exact) mass is 215 g/mol.